The summed E-state index contributed by atoms with van der Waals surface area (Å²) in [6, 6.07) is -1.08. The first-order valence-electron chi connectivity index (χ1n) is 8.44. The Hall–Kier alpha value is -2.26. The largest absolute Gasteiger partial charge is 0.402 e. The zero-order chi connectivity index (χ0) is 18.3. The van der Waals surface area contributed by atoms with Crippen LogP contribution in [0.25, 0.3) is 0 Å². The Labute approximate surface area is 145 Å². The van der Waals surface area contributed by atoms with Gasteiger partial charge in [0.15, 0.2) is 0 Å². The normalized spacial score (nSPS) is 19.4. The van der Waals surface area contributed by atoms with Gasteiger partial charge in [-0.25, -0.2) is 13.9 Å². The van der Waals surface area contributed by atoms with Gasteiger partial charge in [0.25, 0.3) is 5.91 Å². The number of fused-ring (bicyclic) bond motifs is 3. The van der Waals surface area contributed by atoms with Crippen LogP contribution in [0.1, 0.15) is 30.3 Å². The summed E-state index contributed by atoms with van der Waals surface area (Å²) < 4.78 is 3.83. The predicted octanol–water partition coefficient (Wildman–Crippen LogP) is -0.364. The smallest absolute Gasteiger partial charge is 0.396 e. The van der Waals surface area contributed by atoms with Crippen molar-refractivity contribution in [2.24, 2.45) is 4.99 Å². The molecule has 1 unspecified atom stereocenters. The number of urea groups is 1. The van der Waals surface area contributed by atoms with Gasteiger partial charge in [-0.05, 0) is 20.3 Å². The lowest BCUT2D eigenvalue weighted by Gasteiger charge is -2.33. The summed E-state index contributed by atoms with van der Waals surface area (Å²) in [4.78, 5) is 32.6. The van der Waals surface area contributed by atoms with Crippen molar-refractivity contribution in [1.82, 2.24) is 14.4 Å². The average Bonchev–Trinajstić information content (AvgIpc) is 3.09. The van der Waals surface area contributed by atoms with E-state index in [-0.39, 0.29) is 25.7 Å². The molecule has 1 saturated heterocycles. The van der Waals surface area contributed by atoms with Crippen LogP contribution in [0.5, 0.6) is 0 Å². The minimum absolute atomic E-state index is 0.0718. The number of aliphatic hydroxyl groups excluding tert-OH is 2. The highest BCUT2D eigenvalue weighted by molar-refractivity contribution is 6.20. The number of imide groups is 1. The molecule has 0 spiro atoms. The van der Waals surface area contributed by atoms with Crippen LogP contribution in [0.3, 0.4) is 0 Å². The molecule has 0 saturated carbocycles. The Bertz CT molecular complexity index is 754. The summed E-state index contributed by atoms with van der Waals surface area (Å²) >= 11 is 0. The van der Waals surface area contributed by atoms with Gasteiger partial charge in [-0.1, -0.05) is 4.99 Å². The fraction of sp³-hybridized carbons (Fsp3) is 0.625. The topological polar surface area (TPSA) is 102 Å². The highest BCUT2D eigenvalue weighted by Gasteiger charge is 2.53. The summed E-state index contributed by atoms with van der Waals surface area (Å²) in [6.07, 6.45) is 0.931. The lowest BCUT2D eigenvalue weighted by Crippen LogP contribution is -2.57. The first kappa shape index (κ1) is 17.6. The second-order valence-corrected chi connectivity index (χ2v) is 6.35. The molecule has 1 fully saturated rings. The number of carbonyl (C=O) groups is 2. The molecular weight excluding hydrogens is 326 g/mol. The summed E-state index contributed by atoms with van der Waals surface area (Å²) in [7, 11) is 1.61. The quantitative estimate of drug-likeness (QED) is 0.684. The number of aliphatic hydroxyl groups is 2. The van der Waals surface area contributed by atoms with Crippen molar-refractivity contribution in [3.63, 3.8) is 0 Å². The first-order chi connectivity index (χ1) is 11.9. The third-order valence-electron chi connectivity index (χ3n) is 4.91. The van der Waals surface area contributed by atoms with Gasteiger partial charge in [0.2, 0.25) is 11.9 Å². The molecule has 9 nitrogen and oxygen atoms in total. The predicted molar refractivity (Wildman–Crippen MR) is 88.5 cm³/mol. The number of hydrogen-bond acceptors (Lipinski definition) is 5. The number of nitrogens with zero attached hydrogens (tertiary/aromatic N) is 5. The van der Waals surface area contributed by atoms with Gasteiger partial charge >= 0.3 is 12.0 Å². The van der Waals surface area contributed by atoms with Gasteiger partial charge in [0.1, 0.15) is 11.4 Å². The van der Waals surface area contributed by atoms with E-state index in [0.717, 1.165) is 11.4 Å². The number of rotatable bonds is 6. The third-order valence-corrected chi connectivity index (χ3v) is 4.91. The van der Waals surface area contributed by atoms with E-state index >= 15 is 0 Å². The first-order valence-corrected chi connectivity index (χ1v) is 8.44. The maximum Gasteiger partial charge on any atom is 0.402 e. The second kappa shape index (κ2) is 6.57. The minimum Gasteiger partial charge on any atom is -0.396 e. The Morgan fingerprint density at radius 3 is 2.48 bits per heavy atom. The van der Waals surface area contributed by atoms with E-state index in [1.54, 1.807) is 7.05 Å². The van der Waals surface area contributed by atoms with E-state index in [0.29, 0.717) is 31.2 Å². The van der Waals surface area contributed by atoms with Crippen molar-refractivity contribution in [1.29, 1.82) is 0 Å². The molecule has 136 valence electrons. The molecule has 1 aromatic rings. The SMILES string of the molecule is Cc1c(C)[n+](CCCO)c2n1C1C(=O)N(CCCO)C(=O)N(C)C1=N2. The van der Waals surface area contributed by atoms with E-state index in [4.69, 9.17) is 10.2 Å². The summed E-state index contributed by atoms with van der Waals surface area (Å²) in [5.74, 6) is 0.730. The molecule has 25 heavy (non-hydrogen) atoms. The molecule has 9 heteroatoms. The van der Waals surface area contributed by atoms with Crippen LogP contribution in [0, 0.1) is 13.8 Å². The van der Waals surface area contributed by atoms with Crippen LogP contribution < -0.4 is 4.57 Å². The molecule has 0 bridgehead atoms. The van der Waals surface area contributed by atoms with Crippen LogP contribution >= 0.6 is 0 Å². The molecule has 2 N–H and O–H groups in total. The monoisotopic (exact) mass is 350 g/mol. The number of imidazole rings is 1. The number of carbonyl (C=O) groups excluding carboxylic acids is 2. The van der Waals surface area contributed by atoms with Crippen LogP contribution in [0.15, 0.2) is 4.99 Å². The standard InChI is InChI=1S/C16H24N5O4/c1-10-11(2)21-12-13(17-15(21)19(10)6-4-8-22)18(3)16(25)20(14(12)24)7-5-9-23/h12,22-23H,4-9H2,1-3H3/q+1. The molecule has 0 aliphatic carbocycles. The second-order valence-electron chi connectivity index (χ2n) is 6.35. The Balaban J connectivity index is 2.05. The zero-order valence-corrected chi connectivity index (χ0v) is 14.8. The molecule has 0 aromatic carbocycles. The molecule has 0 radical (unpaired) electrons. The molecule has 2 aliphatic rings. The molecular formula is C16H24N5O4+. The van der Waals surface area contributed by atoms with Crippen molar-refractivity contribution in [2.75, 3.05) is 26.8 Å². The summed E-state index contributed by atoms with van der Waals surface area (Å²) in [5, 5.41) is 18.2. The number of likely N-dealkylation sites (N-methyl/N-ethyl adjacent to an activating group) is 1. The Morgan fingerprint density at radius 2 is 1.84 bits per heavy atom. The van der Waals surface area contributed by atoms with Crippen molar-refractivity contribution in [2.45, 2.75) is 39.3 Å². The highest BCUT2D eigenvalue weighted by atomic mass is 16.3. The third kappa shape index (κ3) is 2.54. The lowest BCUT2D eigenvalue weighted by molar-refractivity contribution is -0.689. The number of aromatic nitrogens is 2. The molecule has 3 rings (SSSR count). The highest BCUT2D eigenvalue weighted by Crippen LogP contribution is 2.35. The van der Waals surface area contributed by atoms with Crippen LogP contribution in [0.2, 0.25) is 0 Å². The van der Waals surface area contributed by atoms with E-state index in [1.165, 1.54) is 9.80 Å². The number of aliphatic imine (C=N–C) groups is 1. The summed E-state index contributed by atoms with van der Waals surface area (Å²) in [5.41, 5.74) is 1.90. The van der Waals surface area contributed by atoms with Gasteiger partial charge in [0, 0.05) is 33.2 Å². The fourth-order valence-electron chi connectivity index (χ4n) is 3.43. The van der Waals surface area contributed by atoms with Crippen molar-refractivity contribution < 1.29 is 24.4 Å². The molecule has 2 aliphatic heterocycles. The van der Waals surface area contributed by atoms with Crippen LogP contribution in [0.4, 0.5) is 10.7 Å². The minimum atomic E-state index is -0.662. The van der Waals surface area contributed by atoms with Gasteiger partial charge in [0.05, 0.1) is 6.54 Å². The van der Waals surface area contributed by atoms with Crippen molar-refractivity contribution in [3.05, 3.63) is 11.4 Å². The Kier molecular flexibility index (Phi) is 4.61. The summed E-state index contributed by atoms with van der Waals surface area (Å²) in [6.45, 7) is 4.65. The molecule has 3 amide bonds. The molecule has 3 heterocycles. The van der Waals surface area contributed by atoms with E-state index < -0.39 is 12.1 Å². The average molecular weight is 350 g/mol. The van der Waals surface area contributed by atoms with E-state index in [1.807, 2.05) is 23.0 Å². The van der Waals surface area contributed by atoms with Gasteiger partial charge in [-0.3, -0.25) is 14.6 Å². The number of hydrogen-bond donors (Lipinski definition) is 2. The lowest BCUT2D eigenvalue weighted by atomic mass is 10.1. The maximum absolute atomic E-state index is 13.0. The maximum atomic E-state index is 13.0. The van der Waals surface area contributed by atoms with Crippen molar-refractivity contribution in [3.8, 4) is 0 Å². The van der Waals surface area contributed by atoms with Gasteiger partial charge in [-0.15, -0.1) is 0 Å². The van der Waals surface area contributed by atoms with E-state index in [2.05, 4.69) is 4.99 Å². The van der Waals surface area contributed by atoms with Crippen LogP contribution in [-0.4, -0.2) is 69.2 Å². The van der Waals surface area contributed by atoms with Crippen molar-refractivity contribution >= 4 is 23.7 Å². The van der Waals surface area contributed by atoms with Crippen LogP contribution in [-0.2, 0) is 11.3 Å². The Morgan fingerprint density at radius 1 is 1.16 bits per heavy atom. The van der Waals surface area contributed by atoms with Gasteiger partial charge in [-0.2, -0.15) is 0 Å². The molecule has 1 atom stereocenters. The zero-order valence-electron chi connectivity index (χ0n) is 14.8. The number of amidine groups is 1. The fourth-order valence-corrected chi connectivity index (χ4v) is 3.43. The van der Waals surface area contributed by atoms with E-state index in [9.17, 15) is 9.59 Å². The molecule has 1 aromatic heterocycles. The number of amides is 3. The van der Waals surface area contributed by atoms with Gasteiger partial charge < -0.3 is 10.2 Å².